The first-order valence-electron chi connectivity index (χ1n) is 7.27. The molecule has 0 saturated carbocycles. The lowest BCUT2D eigenvalue weighted by Gasteiger charge is -2.27. The van der Waals surface area contributed by atoms with Gasteiger partial charge in [-0.2, -0.15) is 13.2 Å². The van der Waals surface area contributed by atoms with Gasteiger partial charge in [0.2, 0.25) is 11.8 Å². The summed E-state index contributed by atoms with van der Waals surface area (Å²) < 4.78 is 42.2. The third-order valence-electron chi connectivity index (χ3n) is 4.06. The van der Waals surface area contributed by atoms with E-state index < -0.39 is 36.6 Å². The fourth-order valence-electron chi connectivity index (χ4n) is 2.80. The molecule has 0 aromatic carbocycles. The summed E-state index contributed by atoms with van der Waals surface area (Å²) in [5.74, 6) is -1.22. The van der Waals surface area contributed by atoms with E-state index in [-0.39, 0.29) is 31.3 Å². The number of amides is 2. The van der Waals surface area contributed by atoms with Crippen LogP contribution in [0.25, 0.3) is 0 Å². The summed E-state index contributed by atoms with van der Waals surface area (Å²) in [5.41, 5.74) is 5.88. The summed E-state index contributed by atoms with van der Waals surface area (Å²) in [6, 6.07) is -1.69. The molecule has 0 radical (unpaired) electrons. The Morgan fingerprint density at radius 3 is 2.52 bits per heavy atom. The van der Waals surface area contributed by atoms with Crippen LogP contribution in [-0.4, -0.2) is 61.3 Å². The molecule has 2 fully saturated rings. The molecule has 10 heteroatoms. The summed E-state index contributed by atoms with van der Waals surface area (Å²) in [5, 5.41) is 2.48. The van der Waals surface area contributed by atoms with E-state index in [2.05, 4.69) is 5.32 Å². The number of halogens is 4. The van der Waals surface area contributed by atoms with Crippen molar-refractivity contribution in [2.45, 2.75) is 37.5 Å². The van der Waals surface area contributed by atoms with Crippen molar-refractivity contribution < 1.29 is 27.5 Å². The SMILES string of the molecule is Cl.NC(C(=O)NC1CCN(CC(F)(F)F)C1=O)C1CCOCC1. The zero-order valence-corrected chi connectivity index (χ0v) is 13.3. The van der Waals surface area contributed by atoms with Crippen LogP contribution >= 0.6 is 12.4 Å². The highest BCUT2D eigenvalue weighted by Crippen LogP contribution is 2.22. The van der Waals surface area contributed by atoms with E-state index in [0.717, 1.165) is 0 Å². The Morgan fingerprint density at radius 1 is 1.35 bits per heavy atom. The first kappa shape index (κ1) is 20.0. The summed E-state index contributed by atoms with van der Waals surface area (Å²) >= 11 is 0. The minimum atomic E-state index is -4.44. The number of likely N-dealkylation sites (tertiary alicyclic amines) is 1. The Labute approximate surface area is 138 Å². The fourth-order valence-corrected chi connectivity index (χ4v) is 2.80. The quantitative estimate of drug-likeness (QED) is 0.763. The summed E-state index contributed by atoms with van der Waals surface area (Å²) in [4.78, 5) is 24.6. The maximum atomic E-state index is 12.3. The van der Waals surface area contributed by atoms with E-state index in [4.69, 9.17) is 10.5 Å². The van der Waals surface area contributed by atoms with Gasteiger partial charge in [0.25, 0.3) is 0 Å². The van der Waals surface area contributed by atoms with Crippen LogP contribution in [0.2, 0.25) is 0 Å². The Kier molecular flexibility index (Phi) is 7.09. The van der Waals surface area contributed by atoms with Crippen LogP contribution < -0.4 is 11.1 Å². The zero-order chi connectivity index (χ0) is 16.3. The molecule has 134 valence electrons. The van der Waals surface area contributed by atoms with Crippen LogP contribution in [0.4, 0.5) is 13.2 Å². The number of carbonyl (C=O) groups excluding carboxylic acids is 2. The maximum Gasteiger partial charge on any atom is 0.406 e. The van der Waals surface area contributed by atoms with Crippen molar-refractivity contribution >= 4 is 24.2 Å². The second kappa shape index (κ2) is 8.16. The monoisotopic (exact) mass is 359 g/mol. The van der Waals surface area contributed by atoms with Crippen LogP contribution in [0.5, 0.6) is 0 Å². The average Bonchev–Trinajstić information content (AvgIpc) is 2.78. The lowest BCUT2D eigenvalue weighted by Crippen LogP contribution is -2.52. The maximum absolute atomic E-state index is 12.3. The Morgan fingerprint density at radius 2 is 1.96 bits per heavy atom. The smallest absolute Gasteiger partial charge is 0.381 e. The predicted octanol–water partition coefficient (Wildman–Crippen LogP) is 0.441. The summed E-state index contributed by atoms with van der Waals surface area (Å²) in [6.07, 6.45) is -2.95. The minimum absolute atomic E-state index is 0. The third-order valence-corrected chi connectivity index (χ3v) is 4.06. The minimum Gasteiger partial charge on any atom is -0.381 e. The average molecular weight is 360 g/mol. The van der Waals surface area contributed by atoms with Crippen LogP contribution in [0.3, 0.4) is 0 Å². The van der Waals surface area contributed by atoms with E-state index in [1.807, 2.05) is 0 Å². The number of nitrogens with one attached hydrogen (secondary N) is 1. The van der Waals surface area contributed by atoms with Crippen LogP contribution in [0.1, 0.15) is 19.3 Å². The Balaban J connectivity index is 0.00000264. The van der Waals surface area contributed by atoms with Gasteiger partial charge in [0.1, 0.15) is 12.6 Å². The van der Waals surface area contributed by atoms with Crippen LogP contribution in [-0.2, 0) is 14.3 Å². The topological polar surface area (TPSA) is 84.7 Å². The summed E-state index contributed by atoms with van der Waals surface area (Å²) in [7, 11) is 0. The summed E-state index contributed by atoms with van der Waals surface area (Å²) in [6.45, 7) is -0.235. The lowest BCUT2D eigenvalue weighted by molar-refractivity contribution is -0.158. The van der Waals surface area contributed by atoms with Gasteiger partial charge in [-0.1, -0.05) is 0 Å². The molecule has 23 heavy (non-hydrogen) atoms. The number of hydrogen-bond donors (Lipinski definition) is 2. The number of carbonyl (C=O) groups is 2. The van der Waals surface area contributed by atoms with Crippen molar-refractivity contribution in [3.63, 3.8) is 0 Å². The van der Waals surface area contributed by atoms with E-state index >= 15 is 0 Å². The lowest BCUT2D eigenvalue weighted by atomic mass is 9.91. The number of nitrogens with two attached hydrogens (primary N) is 1. The fraction of sp³-hybridized carbons (Fsp3) is 0.846. The molecule has 0 aromatic heterocycles. The molecule has 3 N–H and O–H groups in total. The van der Waals surface area contributed by atoms with Gasteiger partial charge in [-0.25, -0.2) is 0 Å². The van der Waals surface area contributed by atoms with Crippen molar-refractivity contribution in [1.82, 2.24) is 10.2 Å². The molecular formula is C13H21ClF3N3O3. The van der Waals surface area contributed by atoms with Crippen molar-refractivity contribution in [3.05, 3.63) is 0 Å². The van der Waals surface area contributed by atoms with Crippen LogP contribution in [0, 0.1) is 5.92 Å². The van der Waals surface area contributed by atoms with Gasteiger partial charge in [0, 0.05) is 19.8 Å². The van der Waals surface area contributed by atoms with E-state index in [9.17, 15) is 22.8 Å². The molecule has 2 aliphatic rings. The first-order valence-corrected chi connectivity index (χ1v) is 7.27. The van der Waals surface area contributed by atoms with Gasteiger partial charge in [-0.05, 0) is 25.2 Å². The highest BCUT2D eigenvalue weighted by molar-refractivity contribution is 5.91. The van der Waals surface area contributed by atoms with Gasteiger partial charge in [0.05, 0.1) is 6.04 Å². The molecule has 2 aliphatic heterocycles. The molecule has 0 spiro atoms. The molecule has 2 rings (SSSR count). The van der Waals surface area contributed by atoms with E-state index in [0.29, 0.717) is 31.0 Å². The zero-order valence-electron chi connectivity index (χ0n) is 12.5. The third kappa shape index (κ3) is 5.50. The number of rotatable bonds is 4. The van der Waals surface area contributed by atoms with Gasteiger partial charge >= 0.3 is 6.18 Å². The number of hydrogen-bond acceptors (Lipinski definition) is 4. The molecule has 2 unspecified atom stereocenters. The molecule has 2 amide bonds. The predicted molar refractivity (Wildman–Crippen MR) is 77.9 cm³/mol. The number of ether oxygens (including phenoxy) is 1. The molecule has 0 aliphatic carbocycles. The van der Waals surface area contributed by atoms with Crippen LogP contribution in [0.15, 0.2) is 0 Å². The van der Waals surface area contributed by atoms with Gasteiger partial charge in [-0.3, -0.25) is 9.59 Å². The second-order valence-electron chi connectivity index (χ2n) is 5.70. The van der Waals surface area contributed by atoms with Gasteiger partial charge < -0.3 is 20.7 Å². The Hall–Kier alpha value is -1.06. The number of nitrogens with zero attached hydrogens (tertiary/aromatic N) is 1. The normalized spacial score (nSPS) is 24.3. The molecule has 2 atom stereocenters. The standard InChI is InChI=1S/C13H20F3N3O3.ClH/c14-13(15,16)7-19-4-1-9(12(19)21)18-11(20)10(17)8-2-5-22-6-3-8;/h8-10H,1-7,17H2,(H,18,20);1H. The molecule has 2 saturated heterocycles. The van der Waals surface area contributed by atoms with Gasteiger partial charge in [-0.15, -0.1) is 12.4 Å². The molecule has 6 nitrogen and oxygen atoms in total. The molecular weight excluding hydrogens is 339 g/mol. The first-order chi connectivity index (χ1) is 10.3. The highest BCUT2D eigenvalue weighted by Gasteiger charge is 2.40. The van der Waals surface area contributed by atoms with E-state index in [1.54, 1.807) is 0 Å². The molecule has 0 aromatic rings. The Bertz CT molecular complexity index is 430. The highest BCUT2D eigenvalue weighted by atomic mass is 35.5. The van der Waals surface area contributed by atoms with Gasteiger partial charge in [0.15, 0.2) is 0 Å². The van der Waals surface area contributed by atoms with Crippen molar-refractivity contribution in [2.24, 2.45) is 11.7 Å². The molecule has 2 heterocycles. The van der Waals surface area contributed by atoms with E-state index in [1.165, 1.54) is 0 Å². The largest absolute Gasteiger partial charge is 0.406 e. The van der Waals surface area contributed by atoms with Crippen molar-refractivity contribution in [2.75, 3.05) is 26.3 Å². The molecule has 0 bridgehead atoms. The number of alkyl halides is 3. The second-order valence-corrected chi connectivity index (χ2v) is 5.70. The van der Waals surface area contributed by atoms with Crippen molar-refractivity contribution in [3.8, 4) is 0 Å². The van der Waals surface area contributed by atoms with Crippen molar-refractivity contribution in [1.29, 1.82) is 0 Å².